The number of unbranched alkanes of at least 4 members (excludes halogenated alkanes) is 1. The quantitative estimate of drug-likeness (QED) is 0.401. The molecule has 0 aromatic heterocycles. The number of benzene rings is 1. The molecule has 0 heterocycles. The average Bonchev–Trinajstić information content (AvgIpc) is 2.44. The van der Waals surface area contributed by atoms with Crippen molar-refractivity contribution in [3.63, 3.8) is 0 Å². The first-order valence-corrected chi connectivity index (χ1v) is 6.96. The minimum atomic E-state index is -0.587. The van der Waals surface area contributed by atoms with Gasteiger partial charge in [-0.2, -0.15) is 0 Å². The third-order valence-corrected chi connectivity index (χ3v) is 3.27. The maximum atomic E-state index is 12.3. The summed E-state index contributed by atoms with van der Waals surface area (Å²) in [7, 11) is 0. The van der Waals surface area contributed by atoms with Crippen LogP contribution in [-0.2, 0) is 0 Å². The molecular formula is C14H22N4O3. The third-order valence-electron chi connectivity index (χ3n) is 3.27. The van der Waals surface area contributed by atoms with Crippen LogP contribution in [0.4, 0.5) is 11.4 Å². The summed E-state index contributed by atoms with van der Waals surface area (Å²) < 4.78 is 0. The SMILES string of the molecule is CCCCC(CN)NC(=O)c1cc(C)cc([N+](=O)[O-])c1N. The van der Waals surface area contributed by atoms with Crippen molar-refractivity contribution >= 4 is 17.3 Å². The second kappa shape index (κ2) is 7.58. The van der Waals surface area contributed by atoms with Crippen LogP contribution in [0.15, 0.2) is 12.1 Å². The number of rotatable bonds is 7. The molecule has 1 rings (SSSR count). The number of amides is 1. The summed E-state index contributed by atoms with van der Waals surface area (Å²) in [5.74, 6) is -0.425. The molecule has 0 bridgehead atoms. The van der Waals surface area contributed by atoms with Crippen LogP contribution in [-0.4, -0.2) is 23.4 Å². The van der Waals surface area contributed by atoms with Gasteiger partial charge >= 0.3 is 0 Å². The number of nitro benzene ring substituents is 1. The third kappa shape index (κ3) is 4.42. The molecule has 0 spiro atoms. The van der Waals surface area contributed by atoms with Crippen molar-refractivity contribution < 1.29 is 9.72 Å². The number of carbonyl (C=O) groups excluding carboxylic acids is 1. The summed E-state index contributed by atoms with van der Waals surface area (Å²) in [5, 5.41) is 13.7. The fourth-order valence-corrected chi connectivity index (χ4v) is 2.08. The van der Waals surface area contributed by atoms with E-state index in [9.17, 15) is 14.9 Å². The van der Waals surface area contributed by atoms with Gasteiger partial charge in [-0.3, -0.25) is 14.9 Å². The highest BCUT2D eigenvalue weighted by atomic mass is 16.6. The maximum Gasteiger partial charge on any atom is 0.293 e. The van der Waals surface area contributed by atoms with Crippen molar-refractivity contribution in [2.45, 2.75) is 39.2 Å². The Morgan fingerprint density at radius 1 is 1.48 bits per heavy atom. The molecular weight excluding hydrogens is 272 g/mol. The van der Waals surface area contributed by atoms with E-state index >= 15 is 0 Å². The summed E-state index contributed by atoms with van der Waals surface area (Å²) in [6.45, 7) is 4.05. The van der Waals surface area contributed by atoms with E-state index < -0.39 is 10.8 Å². The number of carbonyl (C=O) groups is 1. The number of hydrogen-bond acceptors (Lipinski definition) is 5. The molecule has 116 valence electrons. The minimum absolute atomic E-state index is 0.116. The number of aryl methyl sites for hydroxylation is 1. The zero-order valence-electron chi connectivity index (χ0n) is 12.4. The predicted molar refractivity (Wildman–Crippen MR) is 82.1 cm³/mol. The number of anilines is 1. The van der Waals surface area contributed by atoms with Crippen molar-refractivity contribution in [3.05, 3.63) is 33.4 Å². The van der Waals surface area contributed by atoms with E-state index in [1.165, 1.54) is 6.07 Å². The number of nitrogens with zero attached hydrogens (tertiary/aromatic N) is 1. The van der Waals surface area contributed by atoms with E-state index in [4.69, 9.17) is 11.5 Å². The fourth-order valence-electron chi connectivity index (χ4n) is 2.08. The summed E-state index contributed by atoms with van der Waals surface area (Å²) in [6.07, 6.45) is 2.72. The molecule has 5 N–H and O–H groups in total. The van der Waals surface area contributed by atoms with Crippen molar-refractivity contribution in [1.82, 2.24) is 5.32 Å². The zero-order valence-corrected chi connectivity index (χ0v) is 12.4. The van der Waals surface area contributed by atoms with Crippen LogP contribution in [0.5, 0.6) is 0 Å². The molecule has 1 aromatic carbocycles. The van der Waals surface area contributed by atoms with Gasteiger partial charge in [-0.1, -0.05) is 19.8 Å². The second-order valence-corrected chi connectivity index (χ2v) is 5.05. The minimum Gasteiger partial charge on any atom is -0.393 e. The molecule has 21 heavy (non-hydrogen) atoms. The van der Waals surface area contributed by atoms with Crippen molar-refractivity contribution in [2.75, 3.05) is 12.3 Å². The molecule has 1 aromatic rings. The van der Waals surface area contributed by atoms with Gasteiger partial charge in [0, 0.05) is 18.7 Å². The molecule has 0 aliphatic heterocycles. The van der Waals surface area contributed by atoms with Gasteiger partial charge < -0.3 is 16.8 Å². The lowest BCUT2D eigenvalue weighted by atomic mass is 10.1. The number of nitrogen functional groups attached to an aromatic ring is 1. The Balaban J connectivity index is 2.99. The van der Waals surface area contributed by atoms with E-state index in [0.29, 0.717) is 12.1 Å². The monoisotopic (exact) mass is 294 g/mol. The lowest BCUT2D eigenvalue weighted by molar-refractivity contribution is -0.384. The highest BCUT2D eigenvalue weighted by Crippen LogP contribution is 2.27. The predicted octanol–water partition coefficient (Wildman–Crippen LogP) is 1.73. The first-order valence-electron chi connectivity index (χ1n) is 6.96. The average molecular weight is 294 g/mol. The summed E-state index contributed by atoms with van der Waals surface area (Å²) >= 11 is 0. The molecule has 1 unspecified atom stereocenters. The molecule has 1 atom stereocenters. The van der Waals surface area contributed by atoms with E-state index in [1.807, 2.05) is 0 Å². The Kier molecular flexibility index (Phi) is 6.10. The molecule has 0 aliphatic rings. The molecule has 0 aliphatic carbocycles. The van der Waals surface area contributed by atoms with E-state index in [2.05, 4.69) is 12.2 Å². The molecule has 0 saturated heterocycles. The Bertz CT molecular complexity index is 531. The van der Waals surface area contributed by atoms with Gasteiger partial charge in [0.2, 0.25) is 0 Å². The maximum absolute atomic E-state index is 12.3. The number of nitrogens with two attached hydrogens (primary N) is 2. The molecule has 0 radical (unpaired) electrons. The Labute approximate surface area is 123 Å². The van der Waals surface area contributed by atoms with Crippen LogP contribution in [0, 0.1) is 17.0 Å². The number of nitrogens with one attached hydrogen (secondary N) is 1. The Morgan fingerprint density at radius 2 is 2.14 bits per heavy atom. The van der Waals surface area contributed by atoms with Crippen LogP contribution >= 0.6 is 0 Å². The number of nitro groups is 1. The van der Waals surface area contributed by atoms with E-state index in [1.54, 1.807) is 13.0 Å². The van der Waals surface area contributed by atoms with Crippen LogP contribution in [0.1, 0.15) is 42.1 Å². The second-order valence-electron chi connectivity index (χ2n) is 5.05. The lowest BCUT2D eigenvalue weighted by Gasteiger charge is -2.17. The normalized spacial score (nSPS) is 12.0. The van der Waals surface area contributed by atoms with E-state index in [0.717, 1.165) is 19.3 Å². The fraction of sp³-hybridized carbons (Fsp3) is 0.500. The van der Waals surface area contributed by atoms with E-state index in [-0.39, 0.29) is 23.0 Å². The smallest absolute Gasteiger partial charge is 0.293 e. The lowest BCUT2D eigenvalue weighted by Crippen LogP contribution is -2.40. The van der Waals surface area contributed by atoms with Gasteiger partial charge in [0.25, 0.3) is 11.6 Å². The van der Waals surface area contributed by atoms with Crippen LogP contribution < -0.4 is 16.8 Å². The summed E-state index contributed by atoms with van der Waals surface area (Å²) in [6, 6.07) is 2.74. The standard InChI is InChI=1S/C14H22N4O3/c1-3-4-5-10(8-15)17-14(19)11-6-9(2)7-12(13(11)16)18(20)21/h6-7,10H,3-5,8,15-16H2,1-2H3,(H,17,19). The molecule has 0 saturated carbocycles. The van der Waals surface area contributed by atoms with Gasteiger partial charge in [0.05, 0.1) is 10.5 Å². The van der Waals surface area contributed by atoms with Gasteiger partial charge in [0.15, 0.2) is 0 Å². The van der Waals surface area contributed by atoms with Gasteiger partial charge in [0.1, 0.15) is 5.69 Å². The topological polar surface area (TPSA) is 124 Å². The Morgan fingerprint density at radius 3 is 2.67 bits per heavy atom. The van der Waals surface area contributed by atoms with Gasteiger partial charge in [-0.15, -0.1) is 0 Å². The van der Waals surface area contributed by atoms with Crippen molar-refractivity contribution in [2.24, 2.45) is 5.73 Å². The highest BCUT2D eigenvalue weighted by molar-refractivity contribution is 6.01. The zero-order chi connectivity index (χ0) is 16.0. The number of hydrogen-bond donors (Lipinski definition) is 3. The highest BCUT2D eigenvalue weighted by Gasteiger charge is 2.21. The molecule has 1 amide bonds. The van der Waals surface area contributed by atoms with Crippen LogP contribution in [0.3, 0.4) is 0 Å². The van der Waals surface area contributed by atoms with Crippen LogP contribution in [0.25, 0.3) is 0 Å². The summed E-state index contributed by atoms with van der Waals surface area (Å²) in [4.78, 5) is 22.6. The molecule has 0 fully saturated rings. The summed E-state index contributed by atoms with van der Waals surface area (Å²) in [5.41, 5.74) is 11.7. The van der Waals surface area contributed by atoms with Gasteiger partial charge in [-0.05, 0) is 25.0 Å². The van der Waals surface area contributed by atoms with Gasteiger partial charge in [-0.25, -0.2) is 0 Å². The Hall–Kier alpha value is -2.15. The largest absolute Gasteiger partial charge is 0.393 e. The molecule has 7 nitrogen and oxygen atoms in total. The molecule has 7 heteroatoms. The first-order chi connectivity index (χ1) is 9.90. The van der Waals surface area contributed by atoms with Crippen LogP contribution in [0.2, 0.25) is 0 Å². The first kappa shape index (κ1) is 16.9. The van der Waals surface area contributed by atoms with Crippen molar-refractivity contribution in [1.29, 1.82) is 0 Å². The van der Waals surface area contributed by atoms with Crippen molar-refractivity contribution in [3.8, 4) is 0 Å².